The van der Waals surface area contributed by atoms with Gasteiger partial charge in [-0.3, -0.25) is 24.5 Å². The van der Waals surface area contributed by atoms with Gasteiger partial charge in [0.2, 0.25) is 0 Å². The number of hydrogen-bond donors (Lipinski definition) is 0. The zero-order valence-corrected chi connectivity index (χ0v) is 19.7. The van der Waals surface area contributed by atoms with Crippen LogP contribution in [0.25, 0.3) is 0 Å². The molecule has 176 valence electrons. The van der Waals surface area contributed by atoms with Crippen molar-refractivity contribution in [2.75, 3.05) is 6.61 Å². The lowest BCUT2D eigenvalue weighted by atomic mass is 9.80. The maximum absolute atomic E-state index is 12.7. The number of non-ortho nitro benzene ring substituents is 1. The zero-order chi connectivity index (χ0) is 24.1. The maximum atomic E-state index is 12.7. The number of ether oxygens (including phenoxy) is 3. The molecule has 0 spiro atoms. The quantitative estimate of drug-likeness (QED) is 0.164. The van der Waals surface area contributed by atoms with Crippen molar-refractivity contribution in [3.05, 3.63) is 63.2 Å². The molecule has 2 bridgehead atoms. The fourth-order valence-electron chi connectivity index (χ4n) is 5.13. The minimum absolute atomic E-state index is 0.0113. The van der Waals surface area contributed by atoms with Gasteiger partial charge < -0.3 is 14.2 Å². The fraction of sp³-hybridized carbons (Fsp3) is 0.348. The van der Waals surface area contributed by atoms with E-state index in [9.17, 15) is 24.5 Å². The van der Waals surface area contributed by atoms with E-state index in [1.54, 1.807) is 0 Å². The number of rotatable bonds is 7. The topological polar surface area (TPSA) is 122 Å². The van der Waals surface area contributed by atoms with E-state index in [4.69, 9.17) is 25.8 Å². The van der Waals surface area contributed by atoms with Gasteiger partial charge in [0.25, 0.3) is 5.69 Å². The van der Waals surface area contributed by atoms with Crippen LogP contribution in [-0.2, 0) is 19.1 Å². The van der Waals surface area contributed by atoms with Crippen LogP contribution in [0, 0.1) is 33.8 Å². The first-order valence-corrected chi connectivity index (χ1v) is 11.8. The van der Waals surface area contributed by atoms with Crippen LogP contribution < -0.4 is 4.74 Å². The third kappa shape index (κ3) is 3.84. The lowest BCUT2D eigenvalue weighted by Crippen LogP contribution is -2.39. The number of Topliss-reactive ketones (excluding diaryl/α,β-unsaturated/α-hetero) is 1. The molecule has 5 rings (SSSR count). The molecule has 0 amide bonds. The van der Waals surface area contributed by atoms with E-state index < -0.39 is 35.1 Å². The number of carbonyl (C=O) groups is 3. The highest BCUT2D eigenvalue weighted by molar-refractivity contribution is 9.09. The number of nitro groups is 1. The van der Waals surface area contributed by atoms with E-state index >= 15 is 0 Å². The monoisotopic (exact) mass is 549 g/mol. The van der Waals surface area contributed by atoms with Crippen molar-refractivity contribution in [1.82, 2.24) is 0 Å². The normalized spacial score (nSPS) is 28.5. The number of nitro benzene ring substituents is 1. The summed E-state index contributed by atoms with van der Waals surface area (Å²) >= 11 is 9.78. The van der Waals surface area contributed by atoms with Crippen LogP contribution in [0.4, 0.5) is 5.69 Å². The van der Waals surface area contributed by atoms with Gasteiger partial charge in [0, 0.05) is 23.6 Å². The van der Waals surface area contributed by atoms with Crippen molar-refractivity contribution in [3.63, 3.8) is 0 Å². The molecular weight excluding hydrogens is 534 g/mol. The molecule has 9 nitrogen and oxygen atoms in total. The van der Waals surface area contributed by atoms with Gasteiger partial charge in [0.05, 0.1) is 26.6 Å². The van der Waals surface area contributed by atoms with Gasteiger partial charge in [0.1, 0.15) is 17.6 Å². The predicted molar refractivity (Wildman–Crippen MR) is 121 cm³/mol. The predicted octanol–water partition coefficient (Wildman–Crippen LogP) is 4.34. The molecule has 2 aromatic rings. The van der Waals surface area contributed by atoms with E-state index in [1.165, 1.54) is 42.5 Å². The summed E-state index contributed by atoms with van der Waals surface area (Å²) in [6.45, 7) is -0.482. The molecule has 1 aliphatic heterocycles. The number of hydrogen-bond acceptors (Lipinski definition) is 8. The number of benzene rings is 2. The van der Waals surface area contributed by atoms with Crippen LogP contribution in [-0.4, -0.2) is 40.2 Å². The Bertz CT molecular complexity index is 1200. The second kappa shape index (κ2) is 8.66. The third-order valence-corrected chi connectivity index (χ3v) is 8.17. The second-order valence-corrected chi connectivity index (χ2v) is 9.95. The van der Waals surface area contributed by atoms with Gasteiger partial charge in [-0.15, -0.1) is 0 Å². The number of fused-ring (bicyclic) bond motifs is 1. The summed E-state index contributed by atoms with van der Waals surface area (Å²) in [6, 6.07) is 9.82. The number of carbonyl (C=O) groups excluding carboxylic acids is 3. The molecule has 1 heterocycles. The average molecular weight is 551 g/mol. The van der Waals surface area contributed by atoms with Crippen LogP contribution in [0.3, 0.4) is 0 Å². The van der Waals surface area contributed by atoms with Gasteiger partial charge in [-0.1, -0.05) is 27.5 Å². The molecule has 0 N–H and O–H groups in total. The van der Waals surface area contributed by atoms with E-state index in [-0.39, 0.29) is 50.8 Å². The van der Waals surface area contributed by atoms with Gasteiger partial charge in [-0.05, 0) is 42.7 Å². The van der Waals surface area contributed by atoms with E-state index in [1.807, 2.05) is 0 Å². The Hall–Kier alpha value is -2.98. The van der Waals surface area contributed by atoms with Crippen molar-refractivity contribution in [3.8, 4) is 11.5 Å². The number of ketones is 1. The molecule has 11 heteroatoms. The molecule has 0 unspecified atom stereocenters. The van der Waals surface area contributed by atoms with Crippen LogP contribution in [0.2, 0.25) is 5.02 Å². The molecule has 1 saturated heterocycles. The minimum Gasteiger partial charge on any atom is -0.461 e. The Labute approximate surface area is 206 Å². The van der Waals surface area contributed by atoms with Crippen molar-refractivity contribution in [2.24, 2.45) is 23.7 Å². The Balaban J connectivity index is 1.21. The first-order chi connectivity index (χ1) is 16.2. The lowest BCUT2D eigenvalue weighted by Gasteiger charge is -2.26. The largest absolute Gasteiger partial charge is 0.461 e. The van der Waals surface area contributed by atoms with E-state index in [0.717, 1.165) is 6.42 Å². The van der Waals surface area contributed by atoms with E-state index in [0.29, 0.717) is 5.75 Å². The number of halogens is 2. The summed E-state index contributed by atoms with van der Waals surface area (Å²) in [5.41, 5.74) is 0.149. The fourth-order valence-corrected chi connectivity index (χ4v) is 6.39. The van der Waals surface area contributed by atoms with Crippen LogP contribution in [0.1, 0.15) is 16.8 Å². The summed E-state index contributed by atoms with van der Waals surface area (Å²) in [6.07, 6.45) is 0.526. The molecule has 2 aliphatic carbocycles. The molecule has 2 saturated carbocycles. The molecule has 0 aromatic heterocycles. The van der Waals surface area contributed by atoms with Crippen LogP contribution in [0.5, 0.6) is 11.5 Å². The highest BCUT2D eigenvalue weighted by Crippen LogP contribution is 2.60. The van der Waals surface area contributed by atoms with Gasteiger partial charge >= 0.3 is 11.9 Å². The summed E-state index contributed by atoms with van der Waals surface area (Å²) in [7, 11) is 0. The first kappa shape index (κ1) is 22.8. The molecule has 6 atom stereocenters. The smallest absolute Gasteiger partial charge is 0.310 e. The molecule has 0 radical (unpaired) electrons. The Morgan fingerprint density at radius 3 is 2.59 bits per heavy atom. The lowest BCUT2D eigenvalue weighted by molar-refractivity contribution is -0.384. The number of alkyl halides is 1. The summed E-state index contributed by atoms with van der Waals surface area (Å²) in [4.78, 5) is 47.7. The van der Waals surface area contributed by atoms with Crippen molar-refractivity contribution >= 4 is 50.9 Å². The van der Waals surface area contributed by atoms with Crippen LogP contribution in [0.15, 0.2) is 42.5 Å². The summed E-state index contributed by atoms with van der Waals surface area (Å²) in [5, 5.41) is 10.9. The highest BCUT2D eigenvalue weighted by atomic mass is 79.9. The number of esters is 2. The van der Waals surface area contributed by atoms with E-state index in [2.05, 4.69) is 15.9 Å². The first-order valence-electron chi connectivity index (χ1n) is 10.5. The van der Waals surface area contributed by atoms with Crippen molar-refractivity contribution in [1.29, 1.82) is 0 Å². The summed E-state index contributed by atoms with van der Waals surface area (Å²) < 4.78 is 16.3. The average Bonchev–Trinajstić information content (AvgIpc) is 3.43. The zero-order valence-electron chi connectivity index (χ0n) is 17.4. The Morgan fingerprint density at radius 1 is 1.18 bits per heavy atom. The maximum Gasteiger partial charge on any atom is 0.310 e. The number of nitrogens with zero attached hydrogens (tertiary/aromatic N) is 1. The Kier molecular flexibility index (Phi) is 5.81. The van der Waals surface area contributed by atoms with Gasteiger partial charge in [-0.25, -0.2) is 0 Å². The van der Waals surface area contributed by atoms with Crippen molar-refractivity contribution < 1.29 is 33.5 Å². The molecule has 34 heavy (non-hydrogen) atoms. The molecule has 3 aliphatic rings. The Morgan fingerprint density at radius 2 is 1.91 bits per heavy atom. The second-order valence-electron chi connectivity index (χ2n) is 8.49. The third-order valence-electron chi connectivity index (χ3n) is 6.67. The van der Waals surface area contributed by atoms with Gasteiger partial charge in [0.15, 0.2) is 12.4 Å². The molecule has 3 fully saturated rings. The van der Waals surface area contributed by atoms with Gasteiger partial charge in [-0.2, -0.15) is 0 Å². The standard InChI is InChI=1S/C23H17BrClNO8/c24-20-13-8-14-19(23(29)34-21(14)20)18(13)22(28)32-9-16(27)10-1-6-17(15(25)7-10)33-12-4-2-11(3-5-12)26(30)31/h1-7,13-14,18-21H,8-9H2/t13-,14-,18-,19-,20-,21+/m1/s1. The minimum atomic E-state index is -0.616. The molecule has 2 aromatic carbocycles. The molecular formula is C23H17BrClNO8. The summed E-state index contributed by atoms with van der Waals surface area (Å²) in [5.74, 6) is -1.97. The highest BCUT2D eigenvalue weighted by Gasteiger charge is 2.68. The van der Waals surface area contributed by atoms with Crippen LogP contribution >= 0.6 is 27.5 Å². The SMILES string of the molecule is O=C(COC(=O)[C@@H]1[C@H]2C[C@H]3[C@H](OC(=O)[C@H]31)[C@@H]2Br)c1ccc(Oc2ccc([N+](=O)[O-])cc2)c(Cl)c1. The van der Waals surface area contributed by atoms with Crippen molar-refractivity contribution in [2.45, 2.75) is 17.4 Å².